The van der Waals surface area contributed by atoms with Crippen LogP contribution in [-0.2, 0) is 6.42 Å². The lowest BCUT2D eigenvalue weighted by Gasteiger charge is -2.00. The fourth-order valence-electron chi connectivity index (χ4n) is 1.43. The van der Waals surface area contributed by atoms with Crippen molar-refractivity contribution >= 4 is 0 Å². The quantitative estimate of drug-likeness (QED) is 0.490. The lowest BCUT2D eigenvalue weighted by molar-refractivity contribution is 0.00819. The van der Waals surface area contributed by atoms with E-state index in [1.54, 1.807) is 0 Å². The van der Waals surface area contributed by atoms with Crippen LogP contribution in [0.2, 0.25) is 0 Å². The first-order chi connectivity index (χ1) is 12.1. The van der Waals surface area contributed by atoms with Gasteiger partial charge in [0, 0.05) is 0 Å². The molecule has 0 aromatic heterocycles. The molecule has 0 aliphatic heterocycles. The summed E-state index contributed by atoms with van der Waals surface area (Å²) in [5.41, 5.74) is 2.74. The molecule has 0 aliphatic rings. The molecule has 2 rings (SSSR count). The fraction of sp³-hybridized carbons (Fsp3) is 0.364. The Morgan fingerprint density at radius 1 is 0.640 bits per heavy atom. The van der Waals surface area contributed by atoms with Crippen molar-refractivity contribution in [2.24, 2.45) is 0 Å². The highest BCUT2D eigenvalue weighted by atomic mass is 19.4. The lowest BCUT2D eigenvalue weighted by Crippen LogP contribution is -1.85. The molecule has 2 aromatic carbocycles. The van der Waals surface area contributed by atoms with Gasteiger partial charge in [-0.15, -0.1) is 11.8 Å². The van der Waals surface area contributed by atoms with E-state index >= 15 is 0 Å². The Morgan fingerprint density at radius 3 is 1.08 bits per heavy atom. The van der Waals surface area contributed by atoms with Crippen LogP contribution in [0.3, 0.4) is 0 Å². The molecule has 2 aromatic rings. The first-order valence-electron chi connectivity index (χ1n) is 8.43. The summed E-state index contributed by atoms with van der Waals surface area (Å²) in [6.07, 6.45) is 1.03. The van der Waals surface area contributed by atoms with Gasteiger partial charge in [0.25, 0.3) is 0 Å². The third-order valence-electron chi connectivity index (χ3n) is 2.34. The van der Waals surface area contributed by atoms with Crippen molar-refractivity contribution in [3.05, 3.63) is 71.8 Å². The minimum Gasteiger partial charge on any atom is -0.174 e. The molecular formula is C22H31F3. The smallest absolute Gasteiger partial charge is 0.174 e. The minimum absolute atomic E-state index is 1.03. The predicted molar refractivity (Wildman–Crippen MR) is 105 cm³/mol. The normalized spacial score (nSPS) is 7.60. The van der Waals surface area contributed by atoms with Crippen LogP contribution in [0.25, 0.3) is 0 Å². The van der Waals surface area contributed by atoms with Gasteiger partial charge in [0.2, 0.25) is 0 Å². The molecule has 0 radical (unpaired) electrons. The van der Waals surface area contributed by atoms with Gasteiger partial charge < -0.3 is 0 Å². The molecule has 0 spiro atoms. The zero-order valence-electron chi connectivity index (χ0n) is 16.2. The van der Waals surface area contributed by atoms with Crippen molar-refractivity contribution in [1.29, 1.82) is 0 Å². The lowest BCUT2D eigenvalue weighted by atomic mass is 10.1. The number of hydrogen-bond acceptors (Lipinski definition) is 0. The van der Waals surface area contributed by atoms with Crippen LogP contribution < -0.4 is 0 Å². The number of alkyl halides is 3. The van der Waals surface area contributed by atoms with Crippen molar-refractivity contribution < 1.29 is 13.2 Å². The summed E-state index contributed by atoms with van der Waals surface area (Å²) in [4.78, 5) is 0. The number of benzene rings is 2. The van der Waals surface area contributed by atoms with Gasteiger partial charge in [-0.25, -0.2) is 0 Å². The van der Waals surface area contributed by atoms with Gasteiger partial charge in [-0.05, 0) is 31.4 Å². The van der Waals surface area contributed by atoms with Gasteiger partial charge in [0.1, 0.15) is 0 Å². The van der Waals surface area contributed by atoms with Gasteiger partial charge in [-0.3, -0.25) is 0 Å². The molecule has 3 heteroatoms. The summed E-state index contributed by atoms with van der Waals surface area (Å²) in [5, 5.41) is 0. The van der Waals surface area contributed by atoms with Crippen molar-refractivity contribution in [3.63, 3.8) is 0 Å². The van der Waals surface area contributed by atoms with E-state index in [9.17, 15) is 13.2 Å². The van der Waals surface area contributed by atoms with Crippen LogP contribution in [0.15, 0.2) is 60.7 Å². The Labute approximate surface area is 152 Å². The molecule has 140 valence electrons. The zero-order valence-corrected chi connectivity index (χ0v) is 16.2. The Hall–Kier alpha value is -2.21. The molecule has 25 heavy (non-hydrogen) atoms. The van der Waals surface area contributed by atoms with Crippen LogP contribution in [0, 0.1) is 11.8 Å². The van der Waals surface area contributed by atoms with E-state index in [1.165, 1.54) is 11.1 Å². The molecule has 0 atom stereocenters. The molecule has 0 nitrogen and oxygen atoms in total. The van der Waals surface area contributed by atoms with E-state index in [0.29, 0.717) is 0 Å². The Balaban J connectivity index is -0.000000339. The molecule has 0 aliphatic carbocycles. The molecule has 0 saturated carbocycles. The van der Waals surface area contributed by atoms with Gasteiger partial charge >= 0.3 is 6.68 Å². The highest BCUT2D eigenvalue weighted by molar-refractivity contribution is 5.25. The Morgan fingerprint density at radius 2 is 0.880 bits per heavy atom. The van der Waals surface area contributed by atoms with Crippen LogP contribution >= 0.6 is 0 Å². The maximum atomic E-state index is 9.67. The molecule has 0 fully saturated rings. The van der Waals surface area contributed by atoms with Crippen LogP contribution in [0.5, 0.6) is 0 Å². The van der Waals surface area contributed by atoms with Crippen LogP contribution in [-0.4, -0.2) is 6.68 Å². The molecule has 0 amide bonds. The van der Waals surface area contributed by atoms with Crippen molar-refractivity contribution in [2.45, 2.75) is 54.6 Å². The maximum absolute atomic E-state index is 9.67. The average Bonchev–Trinajstić information content (AvgIpc) is 2.66. The average molecular weight is 352 g/mol. The Kier molecular flexibility index (Phi) is 26.6. The van der Waals surface area contributed by atoms with Gasteiger partial charge in [-0.2, -0.15) is 13.2 Å². The van der Waals surface area contributed by atoms with Gasteiger partial charge in [-0.1, -0.05) is 88.4 Å². The summed E-state index contributed by atoms with van der Waals surface area (Å²) in [6.45, 7) is 7.97. The molecule has 0 heterocycles. The number of halogens is 3. The molecular weight excluding hydrogens is 321 g/mol. The Bertz CT molecular complexity index is 465. The summed E-state index contributed by atoms with van der Waals surface area (Å²) < 4.78 is 29.0. The maximum Gasteiger partial charge on any atom is 0.379 e. The number of rotatable bonds is 2. The third kappa shape index (κ3) is 24.2. The van der Waals surface area contributed by atoms with E-state index in [1.807, 2.05) is 41.5 Å². The van der Waals surface area contributed by atoms with Crippen molar-refractivity contribution in [3.8, 4) is 11.8 Å². The SMILES string of the molecule is CC.CC.CC#CC.FC(F)F.c1ccc(Cc2ccccc2)cc1. The van der Waals surface area contributed by atoms with E-state index in [2.05, 4.69) is 72.5 Å². The van der Waals surface area contributed by atoms with Crippen LogP contribution in [0.4, 0.5) is 13.2 Å². The second-order valence-electron chi connectivity index (χ2n) is 3.90. The van der Waals surface area contributed by atoms with Crippen LogP contribution in [0.1, 0.15) is 52.7 Å². The summed E-state index contributed by atoms with van der Waals surface area (Å²) in [7, 11) is 0. The fourth-order valence-corrected chi connectivity index (χ4v) is 1.43. The van der Waals surface area contributed by atoms with E-state index in [4.69, 9.17) is 0 Å². The minimum atomic E-state index is -3.67. The molecule has 0 N–H and O–H groups in total. The second kappa shape index (κ2) is 24.0. The standard InChI is InChI=1S/C13H12.C4H6.2C2H6.CHF3/c1-3-7-12(8-4-1)11-13-9-5-2-6-10-13;1-3-4-2;2*1-2;2-1(3)4/h1-10H,11H2;1-2H3;2*1-2H3;1H. The molecule has 0 saturated heterocycles. The first-order valence-corrected chi connectivity index (χ1v) is 8.43. The van der Waals surface area contributed by atoms with E-state index < -0.39 is 6.68 Å². The number of hydrogen-bond donors (Lipinski definition) is 0. The van der Waals surface area contributed by atoms with Gasteiger partial charge in [0.15, 0.2) is 0 Å². The van der Waals surface area contributed by atoms with Crippen molar-refractivity contribution in [2.75, 3.05) is 0 Å². The first kappa shape index (κ1) is 27.6. The van der Waals surface area contributed by atoms with Crippen molar-refractivity contribution in [1.82, 2.24) is 0 Å². The van der Waals surface area contributed by atoms with E-state index in [-0.39, 0.29) is 0 Å². The summed E-state index contributed by atoms with van der Waals surface area (Å²) >= 11 is 0. The highest BCUT2D eigenvalue weighted by Crippen LogP contribution is 2.07. The summed E-state index contributed by atoms with van der Waals surface area (Å²) in [5.74, 6) is 5.36. The third-order valence-corrected chi connectivity index (χ3v) is 2.34. The largest absolute Gasteiger partial charge is 0.379 e. The van der Waals surface area contributed by atoms with Gasteiger partial charge in [0.05, 0.1) is 0 Å². The molecule has 0 unspecified atom stereocenters. The zero-order chi connectivity index (χ0) is 19.9. The predicted octanol–water partition coefficient (Wildman–Crippen LogP) is 7.54. The summed E-state index contributed by atoms with van der Waals surface area (Å²) in [6, 6.07) is 21.1. The second-order valence-corrected chi connectivity index (χ2v) is 3.90. The molecule has 0 bridgehead atoms. The van der Waals surface area contributed by atoms with E-state index in [0.717, 1.165) is 6.42 Å². The monoisotopic (exact) mass is 352 g/mol. The topological polar surface area (TPSA) is 0 Å². The highest BCUT2D eigenvalue weighted by Gasteiger charge is 1.92.